The van der Waals surface area contributed by atoms with Gasteiger partial charge in [-0.2, -0.15) is 0 Å². The number of rotatable bonds is 10. The summed E-state index contributed by atoms with van der Waals surface area (Å²) in [5.74, 6) is 0.732. The van der Waals surface area contributed by atoms with E-state index in [1.165, 1.54) is 7.11 Å². The zero-order chi connectivity index (χ0) is 20.4. The van der Waals surface area contributed by atoms with Crippen molar-refractivity contribution in [1.82, 2.24) is 10.6 Å². The highest BCUT2D eigenvalue weighted by Gasteiger charge is 2.09. The number of carbonyl (C=O) groups is 2. The lowest BCUT2D eigenvalue weighted by atomic mass is 10.1. The molecule has 0 aliphatic heterocycles. The largest absolute Gasteiger partial charge is 0.493 e. The first-order valence-electron chi connectivity index (χ1n) is 9.20. The lowest BCUT2D eigenvalue weighted by Gasteiger charge is -2.12. The van der Waals surface area contributed by atoms with Gasteiger partial charge in [-0.25, -0.2) is 0 Å². The van der Waals surface area contributed by atoms with E-state index in [0.717, 1.165) is 11.1 Å². The van der Waals surface area contributed by atoms with Crippen molar-refractivity contribution in [2.24, 2.45) is 0 Å². The highest BCUT2D eigenvalue weighted by atomic mass is 16.5. The third kappa shape index (κ3) is 6.50. The fourth-order valence-corrected chi connectivity index (χ4v) is 2.63. The lowest BCUT2D eigenvalue weighted by molar-refractivity contribution is -0.123. The number of carbonyl (C=O) groups excluding carboxylic acids is 2. The van der Waals surface area contributed by atoms with E-state index in [9.17, 15) is 9.59 Å². The van der Waals surface area contributed by atoms with Crippen LogP contribution in [0.4, 0.5) is 5.69 Å². The highest BCUT2D eigenvalue weighted by molar-refractivity contribution is 5.77. The number of nitrogen functional groups attached to an aromatic ring is 1. The van der Waals surface area contributed by atoms with Gasteiger partial charge in [0.05, 0.1) is 7.11 Å². The van der Waals surface area contributed by atoms with E-state index in [1.807, 2.05) is 37.3 Å². The van der Waals surface area contributed by atoms with Gasteiger partial charge in [0.25, 0.3) is 5.91 Å². The summed E-state index contributed by atoms with van der Waals surface area (Å²) in [5, 5.41) is 5.55. The number of nitrogens with one attached hydrogen (secondary N) is 2. The van der Waals surface area contributed by atoms with Crippen LogP contribution in [0.2, 0.25) is 0 Å². The van der Waals surface area contributed by atoms with Gasteiger partial charge in [0.2, 0.25) is 5.91 Å². The van der Waals surface area contributed by atoms with E-state index < -0.39 is 0 Å². The summed E-state index contributed by atoms with van der Waals surface area (Å²) in [6, 6.07) is 12.9. The minimum absolute atomic E-state index is 0.0567. The van der Waals surface area contributed by atoms with Gasteiger partial charge >= 0.3 is 0 Å². The molecule has 0 aliphatic rings. The molecule has 7 nitrogen and oxygen atoms in total. The molecule has 0 atom stereocenters. The van der Waals surface area contributed by atoms with Crippen molar-refractivity contribution in [3.63, 3.8) is 0 Å². The molecule has 0 spiro atoms. The van der Waals surface area contributed by atoms with Crippen LogP contribution in [0.15, 0.2) is 42.5 Å². The molecule has 0 saturated heterocycles. The Balaban J connectivity index is 1.85. The van der Waals surface area contributed by atoms with Gasteiger partial charge in [-0.05, 0) is 42.7 Å². The Bertz CT molecular complexity index is 808. The number of likely N-dealkylation sites (N-methyl/N-ethyl adjacent to an activating group) is 1. The first kappa shape index (κ1) is 21.1. The molecule has 4 N–H and O–H groups in total. The number of ether oxygens (including phenoxy) is 2. The van der Waals surface area contributed by atoms with E-state index >= 15 is 0 Å². The van der Waals surface area contributed by atoms with Crippen molar-refractivity contribution in [3.05, 3.63) is 53.6 Å². The second-order valence-corrected chi connectivity index (χ2v) is 6.20. The molecular weight excluding hydrogens is 358 g/mol. The van der Waals surface area contributed by atoms with Crippen LogP contribution in [-0.2, 0) is 22.6 Å². The Kier molecular flexibility index (Phi) is 8.14. The summed E-state index contributed by atoms with van der Waals surface area (Å²) in [4.78, 5) is 23.6. The molecule has 2 rings (SSSR count). The topological polar surface area (TPSA) is 103 Å². The van der Waals surface area contributed by atoms with E-state index in [2.05, 4.69) is 10.6 Å². The Morgan fingerprint density at radius 3 is 2.54 bits per heavy atom. The number of hydrogen-bond donors (Lipinski definition) is 3. The number of benzene rings is 2. The molecule has 0 bridgehead atoms. The first-order chi connectivity index (χ1) is 13.5. The maximum absolute atomic E-state index is 12.1. The maximum Gasteiger partial charge on any atom is 0.257 e. The molecule has 7 heteroatoms. The van der Waals surface area contributed by atoms with Crippen LogP contribution >= 0.6 is 0 Å². The highest BCUT2D eigenvalue weighted by Crippen LogP contribution is 2.28. The van der Waals surface area contributed by atoms with Gasteiger partial charge < -0.3 is 25.8 Å². The van der Waals surface area contributed by atoms with E-state index in [-0.39, 0.29) is 18.4 Å². The van der Waals surface area contributed by atoms with Gasteiger partial charge in [-0.1, -0.05) is 24.3 Å². The smallest absolute Gasteiger partial charge is 0.257 e. The molecule has 0 aromatic heterocycles. The molecular formula is C21H27N3O4. The SMILES string of the molecule is CCNC(=O)COc1ccc(CNC(=O)CCc2ccccc2N)cc1OC. The average molecular weight is 385 g/mol. The molecule has 0 heterocycles. The molecule has 0 fully saturated rings. The van der Waals surface area contributed by atoms with Gasteiger partial charge in [0.15, 0.2) is 18.1 Å². The Hall–Kier alpha value is -3.22. The van der Waals surface area contributed by atoms with Crippen LogP contribution in [0.25, 0.3) is 0 Å². The predicted octanol–water partition coefficient (Wildman–Crippen LogP) is 2.04. The van der Waals surface area contributed by atoms with Crippen LogP contribution in [0.5, 0.6) is 11.5 Å². The molecule has 2 amide bonds. The molecule has 0 aliphatic carbocycles. The van der Waals surface area contributed by atoms with Crippen molar-refractivity contribution in [3.8, 4) is 11.5 Å². The first-order valence-corrected chi connectivity index (χ1v) is 9.20. The van der Waals surface area contributed by atoms with E-state index in [0.29, 0.717) is 43.1 Å². The molecule has 0 radical (unpaired) electrons. The summed E-state index contributed by atoms with van der Waals surface area (Å²) in [6.45, 7) is 2.68. The molecule has 2 aromatic carbocycles. The third-order valence-electron chi connectivity index (χ3n) is 4.13. The minimum Gasteiger partial charge on any atom is -0.493 e. The number of para-hydroxylation sites is 1. The molecule has 2 aromatic rings. The van der Waals surface area contributed by atoms with Crippen LogP contribution in [-0.4, -0.2) is 32.1 Å². The summed E-state index contributed by atoms with van der Waals surface area (Å²) >= 11 is 0. The standard InChI is InChI=1S/C21H27N3O4/c1-3-23-21(26)14-28-18-10-8-15(12-19(18)27-2)13-24-20(25)11-9-16-6-4-5-7-17(16)22/h4-8,10,12H,3,9,11,13-14,22H2,1-2H3,(H,23,26)(H,24,25). The van der Waals surface area contributed by atoms with E-state index in [1.54, 1.807) is 12.1 Å². The predicted molar refractivity (Wildman–Crippen MR) is 108 cm³/mol. The minimum atomic E-state index is -0.194. The third-order valence-corrected chi connectivity index (χ3v) is 4.13. The van der Waals surface area contributed by atoms with Crippen LogP contribution in [0, 0.1) is 0 Å². The zero-order valence-electron chi connectivity index (χ0n) is 16.3. The molecule has 0 saturated carbocycles. The number of amides is 2. The maximum atomic E-state index is 12.1. The molecule has 28 heavy (non-hydrogen) atoms. The van der Waals surface area contributed by atoms with Crippen molar-refractivity contribution in [1.29, 1.82) is 0 Å². The van der Waals surface area contributed by atoms with Crippen LogP contribution in [0.3, 0.4) is 0 Å². The van der Waals surface area contributed by atoms with Gasteiger partial charge in [-0.3, -0.25) is 9.59 Å². The number of aryl methyl sites for hydroxylation is 1. The van der Waals surface area contributed by atoms with Crippen molar-refractivity contribution >= 4 is 17.5 Å². The Morgan fingerprint density at radius 2 is 1.82 bits per heavy atom. The van der Waals surface area contributed by atoms with Gasteiger partial charge in [0, 0.05) is 25.2 Å². The number of anilines is 1. The molecule has 150 valence electrons. The number of nitrogens with two attached hydrogens (primary N) is 1. The fraction of sp³-hybridized carbons (Fsp3) is 0.333. The number of hydrogen-bond acceptors (Lipinski definition) is 5. The quantitative estimate of drug-likeness (QED) is 0.543. The second-order valence-electron chi connectivity index (χ2n) is 6.20. The van der Waals surface area contributed by atoms with Gasteiger partial charge in [-0.15, -0.1) is 0 Å². The van der Waals surface area contributed by atoms with Crippen molar-refractivity contribution in [2.45, 2.75) is 26.3 Å². The monoisotopic (exact) mass is 385 g/mol. The summed E-state index contributed by atoms with van der Waals surface area (Å²) in [7, 11) is 1.53. The lowest BCUT2D eigenvalue weighted by Crippen LogP contribution is -2.28. The summed E-state index contributed by atoms with van der Waals surface area (Å²) in [6.07, 6.45) is 0.952. The molecule has 0 unspecified atom stereocenters. The summed E-state index contributed by atoms with van der Waals surface area (Å²) in [5.41, 5.74) is 8.43. The second kappa shape index (κ2) is 10.8. The fourth-order valence-electron chi connectivity index (χ4n) is 2.63. The van der Waals surface area contributed by atoms with Crippen LogP contribution < -0.4 is 25.8 Å². The zero-order valence-corrected chi connectivity index (χ0v) is 16.3. The number of methoxy groups -OCH3 is 1. The van der Waals surface area contributed by atoms with Gasteiger partial charge in [0.1, 0.15) is 0 Å². The average Bonchev–Trinajstić information content (AvgIpc) is 2.70. The Labute approximate surface area is 165 Å². The Morgan fingerprint density at radius 1 is 1.04 bits per heavy atom. The summed E-state index contributed by atoms with van der Waals surface area (Å²) < 4.78 is 10.8. The van der Waals surface area contributed by atoms with Crippen LogP contribution in [0.1, 0.15) is 24.5 Å². The normalized spacial score (nSPS) is 10.2. The van der Waals surface area contributed by atoms with Crippen molar-refractivity contribution in [2.75, 3.05) is 26.0 Å². The van der Waals surface area contributed by atoms with E-state index in [4.69, 9.17) is 15.2 Å². The van der Waals surface area contributed by atoms with Crippen molar-refractivity contribution < 1.29 is 19.1 Å².